The zero-order valence-electron chi connectivity index (χ0n) is 8.66. The van der Waals surface area contributed by atoms with Gasteiger partial charge >= 0.3 is 0 Å². The van der Waals surface area contributed by atoms with Crippen molar-refractivity contribution in [2.45, 2.75) is 31.9 Å². The van der Waals surface area contributed by atoms with Crippen LogP contribution in [0, 0.1) is 5.92 Å². The van der Waals surface area contributed by atoms with E-state index in [1.165, 1.54) is 0 Å². The minimum absolute atomic E-state index is 0.0411. The third-order valence-corrected chi connectivity index (χ3v) is 3.09. The van der Waals surface area contributed by atoms with E-state index in [9.17, 15) is 9.18 Å². The van der Waals surface area contributed by atoms with Crippen LogP contribution in [0.1, 0.15) is 36.0 Å². The topological polar surface area (TPSA) is 17.1 Å². The van der Waals surface area contributed by atoms with Gasteiger partial charge in [0, 0.05) is 11.5 Å². The first-order valence-electron chi connectivity index (χ1n) is 5.50. The molecule has 0 aliphatic heterocycles. The molecule has 0 heterocycles. The van der Waals surface area contributed by atoms with Gasteiger partial charge in [-0.25, -0.2) is 4.39 Å². The molecule has 0 saturated heterocycles. The molecule has 1 aromatic carbocycles. The van der Waals surface area contributed by atoms with Gasteiger partial charge in [-0.15, -0.1) is 0 Å². The van der Waals surface area contributed by atoms with Crippen molar-refractivity contribution in [3.8, 4) is 0 Å². The van der Waals surface area contributed by atoms with Gasteiger partial charge in [-0.3, -0.25) is 4.79 Å². The van der Waals surface area contributed by atoms with Gasteiger partial charge in [0.25, 0.3) is 0 Å². The van der Waals surface area contributed by atoms with Crippen molar-refractivity contribution >= 4 is 5.78 Å². The first kappa shape index (κ1) is 10.3. The van der Waals surface area contributed by atoms with Crippen molar-refractivity contribution in [1.82, 2.24) is 0 Å². The lowest BCUT2D eigenvalue weighted by Crippen LogP contribution is -2.22. The summed E-state index contributed by atoms with van der Waals surface area (Å²) in [7, 11) is 0. The Kier molecular flexibility index (Phi) is 3.14. The molecule has 1 aliphatic rings. The summed E-state index contributed by atoms with van der Waals surface area (Å²) in [4.78, 5) is 12.0. The number of carbonyl (C=O) groups excluding carboxylic acids is 1. The molecule has 0 amide bonds. The number of ketones is 1. The number of carbonyl (C=O) groups is 1. The zero-order valence-corrected chi connectivity index (χ0v) is 8.66. The molecule has 0 radical (unpaired) electrons. The van der Waals surface area contributed by atoms with Gasteiger partial charge in [-0.2, -0.15) is 0 Å². The van der Waals surface area contributed by atoms with E-state index in [0.717, 1.165) is 5.56 Å². The second-order valence-corrected chi connectivity index (χ2v) is 4.18. The Morgan fingerprint density at radius 3 is 2.27 bits per heavy atom. The van der Waals surface area contributed by atoms with Crippen LogP contribution in [0.3, 0.4) is 0 Å². The maximum atomic E-state index is 12.9. The van der Waals surface area contributed by atoms with Gasteiger partial charge in [0.2, 0.25) is 0 Å². The van der Waals surface area contributed by atoms with E-state index < -0.39 is 6.17 Å². The minimum Gasteiger partial charge on any atom is -0.294 e. The molecule has 2 heteroatoms. The predicted molar refractivity (Wildman–Crippen MR) is 57.6 cm³/mol. The SMILES string of the molecule is O=C(c1ccccc1)C1CCC(F)CC1. The summed E-state index contributed by atoms with van der Waals surface area (Å²) in [5, 5.41) is 0. The van der Waals surface area contributed by atoms with Crippen LogP contribution in [0.5, 0.6) is 0 Å². The summed E-state index contributed by atoms with van der Waals surface area (Å²) in [6.07, 6.45) is 1.81. The molecular formula is C13H15FO. The lowest BCUT2D eigenvalue weighted by atomic mass is 9.83. The van der Waals surface area contributed by atoms with Crippen molar-refractivity contribution in [3.63, 3.8) is 0 Å². The molecule has 0 bridgehead atoms. The first-order chi connectivity index (χ1) is 7.27. The molecule has 1 fully saturated rings. The molecule has 0 unspecified atom stereocenters. The molecule has 0 N–H and O–H groups in total. The van der Waals surface area contributed by atoms with Crippen molar-refractivity contribution in [2.24, 2.45) is 5.92 Å². The summed E-state index contributed by atoms with van der Waals surface area (Å²) in [5.41, 5.74) is 0.764. The molecule has 1 saturated carbocycles. The number of hydrogen-bond acceptors (Lipinski definition) is 1. The number of Topliss-reactive ketones (excluding diaryl/α,β-unsaturated/α-hetero) is 1. The fourth-order valence-corrected chi connectivity index (χ4v) is 2.15. The van der Waals surface area contributed by atoms with Gasteiger partial charge in [0.05, 0.1) is 0 Å². The summed E-state index contributed by atoms with van der Waals surface area (Å²) < 4.78 is 12.9. The van der Waals surface area contributed by atoms with Crippen LogP contribution >= 0.6 is 0 Å². The second-order valence-electron chi connectivity index (χ2n) is 4.18. The minimum atomic E-state index is -0.690. The summed E-state index contributed by atoms with van der Waals surface area (Å²) in [6, 6.07) is 9.31. The quantitative estimate of drug-likeness (QED) is 0.678. The average Bonchev–Trinajstić information content (AvgIpc) is 2.30. The fourth-order valence-electron chi connectivity index (χ4n) is 2.15. The number of halogens is 1. The molecule has 1 aliphatic carbocycles. The average molecular weight is 206 g/mol. The molecule has 2 rings (SSSR count). The Balaban J connectivity index is 2.03. The normalized spacial score (nSPS) is 26.2. The third-order valence-electron chi connectivity index (χ3n) is 3.09. The standard InChI is InChI=1S/C13H15FO/c14-12-8-6-11(7-9-12)13(15)10-4-2-1-3-5-10/h1-5,11-12H,6-9H2. The van der Waals surface area contributed by atoms with Crippen molar-refractivity contribution in [1.29, 1.82) is 0 Å². The Bertz CT molecular complexity index is 326. The highest BCUT2D eigenvalue weighted by molar-refractivity contribution is 5.97. The van der Waals surface area contributed by atoms with Crippen LogP contribution in [0.4, 0.5) is 4.39 Å². The van der Waals surface area contributed by atoms with Crippen LogP contribution in [-0.2, 0) is 0 Å². The number of benzene rings is 1. The van der Waals surface area contributed by atoms with E-state index in [0.29, 0.717) is 25.7 Å². The van der Waals surface area contributed by atoms with E-state index >= 15 is 0 Å². The highest BCUT2D eigenvalue weighted by Crippen LogP contribution is 2.28. The predicted octanol–water partition coefficient (Wildman–Crippen LogP) is 3.40. The largest absolute Gasteiger partial charge is 0.294 e. The Hall–Kier alpha value is -1.18. The fraction of sp³-hybridized carbons (Fsp3) is 0.462. The van der Waals surface area contributed by atoms with Crippen LogP contribution in [0.2, 0.25) is 0 Å². The van der Waals surface area contributed by atoms with Crippen LogP contribution in [0.25, 0.3) is 0 Å². The van der Waals surface area contributed by atoms with E-state index in [4.69, 9.17) is 0 Å². The highest BCUT2D eigenvalue weighted by atomic mass is 19.1. The van der Waals surface area contributed by atoms with E-state index in [-0.39, 0.29) is 11.7 Å². The maximum absolute atomic E-state index is 12.9. The smallest absolute Gasteiger partial charge is 0.165 e. The molecule has 1 nitrogen and oxygen atoms in total. The van der Waals surface area contributed by atoms with Gasteiger partial charge in [0.15, 0.2) is 5.78 Å². The van der Waals surface area contributed by atoms with Gasteiger partial charge in [-0.05, 0) is 25.7 Å². The van der Waals surface area contributed by atoms with Crippen LogP contribution in [0.15, 0.2) is 30.3 Å². The molecule has 0 aromatic heterocycles. The molecular weight excluding hydrogens is 191 g/mol. The van der Waals surface area contributed by atoms with Gasteiger partial charge in [0.1, 0.15) is 6.17 Å². The monoisotopic (exact) mass is 206 g/mol. The number of alkyl halides is 1. The first-order valence-corrected chi connectivity index (χ1v) is 5.50. The molecule has 0 atom stereocenters. The Labute approximate surface area is 89.3 Å². The van der Waals surface area contributed by atoms with Gasteiger partial charge in [-0.1, -0.05) is 30.3 Å². The van der Waals surface area contributed by atoms with E-state index in [1.807, 2.05) is 30.3 Å². The number of rotatable bonds is 2. The third kappa shape index (κ3) is 2.44. The van der Waals surface area contributed by atoms with E-state index in [1.54, 1.807) is 0 Å². The molecule has 0 spiro atoms. The van der Waals surface area contributed by atoms with Crippen LogP contribution < -0.4 is 0 Å². The lowest BCUT2D eigenvalue weighted by molar-refractivity contribution is 0.0858. The van der Waals surface area contributed by atoms with E-state index in [2.05, 4.69) is 0 Å². The van der Waals surface area contributed by atoms with Gasteiger partial charge < -0.3 is 0 Å². The molecule has 80 valence electrons. The van der Waals surface area contributed by atoms with Crippen molar-refractivity contribution in [3.05, 3.63) is 35.9 Å². The summed E-state index contributed by atoms with van der Waals surface area (Å²) in [5.74, 6) is 0.224. The van der Waals surface area contributed by atoms with Crippen molar-refractivity contribution < 1.29 is 9.18 Å². The Morgan fingerprint density at radius 2 is 1.67 bits per heavy atom. The highest BCUT2D eigenvalue weighted by Gasteiger charge is 2.26. The van der Waals surface area contributed by atoms with Crippen molar-refractivity contribution in [2.75, 3.05) is 0 Å². The molecule has 1 aromatic rings. The second kappa shape index (κ2) is 4.56. The Morgan fingerprint density at radius 1 is 1.07 bits per heavy atom. The maximum Gasteiger partial charge on any atom is 0.165 e. The summed E-state index contributed by atoms with van der Waals surface area (Å²) in [6.45, 7) is 0. The molecule has 15 heavy (non-hydrogen) atoms. The zero-order chi connectivity index (χ0) is 10.7. The summed E-state index contributed by atoms with van der Waals surface area (Å²) >= 11 is 0. The lowest BCUT2D eigenvalue weighted by Gasteiger charge is -2.22. The van der Waals surface area contributed by atoms with Crippen LogP contribution in [-0.4, -0.2) is 12.0 Å². The number of hydrogen-bond donors (Lipinski definition) is 0.